The second kappa shape index (κ2) is 33.3. The molecule has 0 fully saturated rings. The summed E-state index contributed by atoms with van der Waals surface area (Å²) < 4.78 is 66.6. The topological polar surface area (TPSA) is 246 Å². The largest absolute Gasteiger partial charge is 0.778 e. The molecule has 1 unspecified atom stereocenters. The van der Waals surface area contributed by atoms with Crippen molar-refractivity contribution in [3.8, 4) is 5.69 Å². The van der Waals surface area contributed by atoms with Crippen LogP contribution in [0.1, 0.15) is 37.3 Å². The number of carboxylic acids is 1. The molecule has 0 spiro atoms. The summed E-state index contributed by atoms with van der Waals surface area (Å²) in [4.78, 5) is 65.0. The number of aromatic nitrogens is 3. The molecule has 3 aromatic rings. The van der Waals surface area contributed by atoms with Crippen molar-refractivity contribution >= 4 is 116 Å². The van der Waals surface area contributed by atoms with Crippen LogP contribution in [0.4, 0.5) is 20.2 Å². The Hall–Kier alpha value is -3.25. The Kier molecular flexibility index (Phi) is 32.7. The molecule has 3 rings (SSSR count). The second-order valence-electron chi connectivity index (χ2n) is 13.5. The number of carboxylic acid groups (broad SMARTS) is 1. The zero-order chi connectivity index (χ0) is 52.4. The number of ether oxygens (including phenoxy) is 1. The van der Waals surface area contributed by atoms with Gasteiger partial charge in [-0.3, -0.25) is 29.3 Å². The number of carbonyl (C=O) groups excluding carboxylic acids is 2. The van der Waals surface area contributed by atoms with Gasteiger partial charge in [0.15, 0.2) is 4.84 Å². The molecule has 2 amide bonds. The number of carbonyl (C=O) groups is 3. The Morgan fingerprint density at radius 3 is 2.03 bits per heavy atom. The summed E-state index contributed by atoms with van der Waals surface area (Å²) in [5.41, 5.74) is 1.85. The summed E-state index contributed by atoms with van der Waals surface area (Å²) in [7, 11) is -7.36. The first kappa shape index (κ1) is 65.8. The van der Waals surface area contributed by atoms with Gasteiger partial charge in [-0.1, -0.05) is 83.7 Å². The van der Waals surface area contributed by atoms with E-state index in [0.29, 0.717) is 35.3 Å². The molecule has 0 radical (unpaired) electrons. The summed E-state index contributed by atoms with van der Waals surface area (Å²) in [6.07, 6.45) is 10.9. The van der Waals surface area contributed by atoms with Gasteiger partial charge in [-0.15, -0.1) is 29.9 Å². The second-order valence-corrected chi connectivity index (χ2v) is 21.5. The zero-order valence-corrected chi connectivity index (χ0v) is 44.3. The first-order valence-electron chi connectivity index (χ1n) is 19.1. The summed E-state index contributed by atoms with van der Waals surface area (Å²) >= 11 is 28.3. The predicted octanol–water partition coefficient (Wildman–Crippen LogP) is 6.19. The van der Waals surface area contributed by atoms with E-state index in [9.17, 15) is 45.8 Å². The fourth-order valence-corrected chi connectivity index (χ4v) is 6.70. The standard InChI is InChI=1S/C14H20ClNO2.C11H10Cl2F2N4O3S.C8H11Cl2NO.C3H8NO5P.C3H9S/c1-4-12-8-6-7-11(3)14(12)16(10-18-5-2)13(17)9-15;1-5-16-19(11(20)18(5)10(14)15)9-4-8(17-23(2,21)22)6(12)3-7(9)13;1-3-5-11(6-4-2)8(12)7(9)10;5-3(6)1-4-2-10(7,8)9;1-4(2)3/h6-8H,4-5,9-10H2,1-3H3;3-4,10,17H,1-2H3;3-4,7H,1-2,5-6H2;4H,1-2H2,(H,5,6)(H2,7,8,9);1-3H3/q;;;;+1/p-1. The first-order chi connectivity index (χ1) is 30.9. The molecule has 0 bridgehead atoms. The highest BCUT2D eigenvalue weighted by Gasteiger charge is 2.22. The molecule has 2 aromatic carbocycles. The molecule has 380 valence electrons. The number of benzene rings is 2. The van der Waals surface area contributed by atoms with Gasteiger partial charge in [-0.25, -0.2) is 17.8 Å². The minimum absolute atomic E-state index is 0.0257. The van der Waals surface area contributed by atoms with Crippen molar-refractivity contribution in [1.29, 1.82) is 0 Å². The number of nitrogens with one attached hydrogen (secondary N) is 2. The van der Waals surface area contributed by atoms with Crippen LogP contribution in [0.15, 0.2) is 60.4 Å². The van der Waals surface area contributed by atoms with E-state index in [1.807, 2.05) is 37.4 Å². The van der Waals surface area contributed by atoms with Gasteiger partial charge >= 0.3 is 18.2 Å². The quantitative estimate of drug-likeness (QED) is 0.0345. The van der Waals surface area contributed by atoms with Gasteiger partial charge < -0.3 is 29.1 Å². The number of hydrogen-bond acceptors (Lipinski definition) is 11. The van der Waals surface area contributed by atoms with Crippen LogP contribution in [0.25, 0.3) is 5.69 Å². The molecule has 28 heteroatoms. The minimum atomic E-state index is -4.35. The molecule has 0 aliphatic carbocycles. The van der Waals surface area contributed by atoms with Crippen LogP contribution < -0.4 is 25.5 Å². The maximum atomic E-state index is 12.8. The van der Waals surface area contributed by atoms with Crippen molar-refractivity contribution < 1.29 is 55.8 Å². The van der Waals surface area contributed by atoms with Crippen LogP contribution >= 0.6 is 65.6 Å². The lowest BCUT2D eigenvalue weighted by atomic mass is 10.0. The van der Waals surface area contributed by atoms with Gasteiger partial charge in [0, 0.05) is 19.7 Å². The monoisotopic (exact) mass is 1110 g/mol. The maximum absolute atomic E-state index is 12.8. The molecule has 4 N–H and O–H groups in total. The summed E-state index contributed by atoms with van der Waals surface area (Å²) in [5.74, 6) is -1.89. The SMILES string of the molecule is C=CCN(CC=C)C(=O)C(Cl)Cl.CCOCN(C(=O)CCl)c1c(C)cccc1CC.C[S+](C)C.Cc1nn(-c2cc(NS(C)(=O)=O)c(Cl)cc2Cl)c(=O)n1C(F)F.O=C(O)CNCP(=O)([O-])O. The van der Waals surface area contributed by atoms with Crippen LogP contribution in [-0.4, -0.2) is 130 Å². The van der Waals surface area contributed by atoms with Crippen molar-refractivity contribution in [2.45, 2.75) is 45.5 Å². The van der Waals surface area contributed by atoms with E-state index in [1.54, 1.807) is 17.1 Å². The summed E-state index contributed by atoms with van der Waals surface area (Å²) in [6, 6.07) is 8.34. The highest BCUT2D eigenvalue weighted by Crippen LogP contribution is 2.32. The van der Waals surface area contributed by atoms with Crippen molar-refractivity contribution in [2.75, 3.05) is 79.8 Å². The zero-order valence-electron chi connectivity index (χ0n) is 38.0. The van der Waals surface area contributed by atoms with Crippen molar-refractivity contribution in [3.63, 3.8) is 0 Å². The van der Waals surface area contributed by atoms with Crippen molar-refractivity contribution in [1.82, 2.24) is 24.6 Å². The lowest BCUT2D eigenvalue weighted by Gasteiger charge is -2.25. The third-order valence-corrected chi connectivity index (χ3v) is 9.76. The third-order valence-electron chi connectivity index (χ3n) is 7.33. The van der Waals surface area contributed by atoms with E-state index in [2.05, 4.69) is 48.7 Å². The van der Waals surface area contributed by atoms with Crippen LogP contribution in [0, 0.1) is 13.8 Å². The number of aryl methyl sites for hydroxylation is 3. The normalized spacial score (nSPS) is 11.6. The molecule has 1 heterocycles. The Balaban J connectivity index is 0. The van der Waals surface area contributed by atoms with E-state index in [0.717, 1.165) is 35.6 Å². The number of alkyl halides is 5. The molecule has 67 heavy (non-hydrogen) atoms. The number of halogens is 7. The predicted molar refractivity (Wildman–Crippen MR) is 265 cm³/mol. The molecule has 0 aliphatic rings. The average molecular weight is 1110 g/mol. The van der Waals surface area contributed by atoms with Crippen LogP contribution in [0.2, 0.25) is 10.0 Å². The lowest BCUT2D eigenvalue weighted by Crippen LogP contribution is -2.35. The van der Waals surface area contributed by atoms with E-state index in [-0.39, 0.29) is 56.2 Å². The highest BCUT2D eigenvalue weighted by molar-refractivity contribution is 7.94. The van der Waals surface area contributed by atoms with Gasteiger partial charge in [0.05, 0.1) is 65.0 Å². The minimum Gasteiger partial charge on any atom is -0.778 e. The molecular formula is C39H57Cl5F2N7O11PS2. The van der Waals surface area contributed by atoms with E-state index in [4.69, 9.17) is 72.7 Å². The molecular weight excluding hydrogens is 1050 g/mol. The van der Waals surface area contributed by atoms with E-state index in [1.165, 1.54) is 17.9 Å². The summed E-state index contributed by atoms with van der Waals surface area (Å²) in [5, 5.41) is 13.6. The molecule has 0 aliphatic heterocycles. The Morgan fingerprint density at radius 1 is 1.07 bits per heavy atom. The summed E-state index contributed by atoms with van der Waals surface area (Å²) in [6.45, 7) is 12.3. The number of rotatable bonds is 19. The van der Waals surface area contributed by atoms with Crippen LogP contribution in [0.3, 0.4) is 0 Å². The van der Waals surface area contributed by atoms with Gasteiger partial charge in [0.1, 0.15) is 26.0 Å². The third kappa shape index (κ3) is 26.9. The number of anilines is 2. The maximum Gasteiger partial charge on any atom is 0.355 e. The number of nitrogens with zero attached hydrogens (tertiary/aromatic N) is 5. The molecule has 1 atom stereocenters. The van der Waals surface area contributed by atoms with Gasteiger partial charge in [-0.2, -0.15) is 13.5 Å². The fourth-order valence-electron chi connectivity index (χ4n) is 4.75. The van der Waals surface area contributed by atoms with Gasteiger partial charge in [0.25, 0.3) is 5.91 Å². The smallest absolute Gasteiger partial charge is 0.355 e. The highest BCUT2D eigenvalue weighted by atomic mass is 35.5. The number of hydrogen-bond donors (Lipinski definition) is 4. The average Bonchev–Trinajstić information content (AvgIpc) is 3.51. The Labute approximate surface area is 417 Å². The molecule has 0 saturated heterocycles. The number of aliphatic carboxylic acids is 1. The number of amides is 2. The van der Waals surface area contributed by atoms with Gasteiger partial charge in [-0.05, 0) is 61.3 Å². The van der Waals surface area contributed by atoms with Crippen molar-refractivity contribution in [3.05, 3.63) is 93.1 Å². The lowest BCUT2D eigenvalue weighted by molar-refractivity contribution is -0.193. The van der Waals surface area contributed by atoms with Gasteiger partial charge in [0.2, 0.25) is 15.9 Å². The first-order valence-corrected chi connectivity index (χ1v) is 27.4. The fraction of sp³-hybridized carbons (Fsp3) is 0.462. The van der Waals surface area contributed by atoms with E-state index < -0.39 is 53.5 Å². The molecule has 18 nitrogen and oxygen atoms in total. The Bertz CT molecular complexity index is 2280. The molecule has 0 saturated carbocycles. The van der Waals surface area contributed by atoms with Crippen molar-refractivity contribution in [2.24, 2.45) is 0 Å². The number of sulfonamides is 1. The number of para-hydroxylation sites is 1. The van der Waals surface area contributed by atoms with Crippen LogP contribution in [-0.2, 0) is 51.0 Å². The molecule has 1 aromatic heterocycles. The Morgan fingerprint density at radius 2 is 1.63 bits per heavy atom. The van der Waals surface area contributed by atoms with E-state index >= 15 is 0 Å². The van der Waals surface area contributed by atoms with Crippen LogP contribution in [0.5, 0.6) is 0 Å².